The molecule has 19 heavy (non-hydrogen) atoms. The molecule has 0 spiro atoms. The summed E-state index contributed by atoms with van der Waals surface area (Å²) in [5.41, 5.74) is 0. The van der Waals surface area contributed by atoms with E-state index in [0.717, 1.165) is 0 Å². The largest absolute Gasteiger partial charge is 0.299 e. The van der Waals surface area contributed by atoms with Crippen molar-refractivity contribution in [3.8, 4) is 0 Å². The van der Waals surface area contributed by atoms with Gasteiger partial charge >= 0.3 is 0 Å². The van der Waals surface area contributed by atoms with Crippen LogP contribution in [-0.2, 0) is 9.78 Å². The Morgan fingerprint density at radius 2 is 1.11 bits per heavy atom. The van der Waals surface area contributed by atoms with Crippen molar-refractivity contribution in [2.75, 3.05) is 0 Å². The number of allylic oxidation sites excluding steroid dienone is 2. The summed E-state index contributed by atoms with van der Waals surface area (Å²) in [5.74, 6) is 0. The summed E-state index contributed by atoms with van der Waals surface area (Å²) in [4.78, 5) is 8.60. The maximum atomic E-state index is 4.30. The SMILES string of the molecule is C1=COOC=C1.c1ccc2c(c1)sc1ccccc12. The number of fused-ring (bicyclic) bond motifs is 3. The Labute approximate surface area is 115 Å². The highest BCUT2D eigenvalue weighted by atomic mass is 32.1. The molecule has 0 saturated carbocycles. The van der Waals surface area contributed by atoms with Crippen molar-refractivity contribution in [2.45, 2.75) is 0 Å². The summed E-state index contributed by atoms with van der Waals surface area (Å²) in [6.07, 6.45) is 6.40. The van der Waals surface area contributed by atoms with Crippen LogP contribution in [0.15, 0.2) is 73.2 Å². The van der Waals surface area contributed by atoms with Crippen LogP contribution in [0.25, 0.3) is 20.2 Å². The lowest BCUT2D eigenvalue weighted by atomic mass is 10.2. The van der Waals surface area contributed by atoms with Crippen LogP contribution in [0.4, 0.5) is 0 Å². The van der Waals surface area contributed by atoms with E-state index in [9.17, 15) is 0 Å². The van der Waals surface area contributed by atoms with E-state index in [1.54, 1.807) is 12.2 Å². The van der Waals surface area contributed by atoms with Gasteiger partial charge in [-0.2, -0.15) is 0 Å². The van der Waals surface area contributed by atoms with Crippen molar-refractivity contribution in [3.05, 3.63) is 73.2 Å². The van der Waals surface area contributed by atoms with E-state index >= 15 is 0 Å². The maximum absolute atomic E-state index is 4.30. The second-order valence-electron chi connectivity index (χ2n) is 3.94. The number of benzene rings is 2. The number of thiophene rings is 1. The zero-order chi connectivity index (χ0) is 12.9. The summed E-state index contributed by atoms with van der Waals surface area (Å²) in [6.45, 7) is 0. The molecule has 4 rings (SSSR count). The van der Waals surface area contributed by atoms with Crippen molar-refractivity contribution in [3.63, 3.8) is 0 Å². The van der Waals surface area contributed by atoms with Gasteiger partial charge < -0.3 is 0 Å². The molecule has 2 aromatic carbocycles. The van der Waals surface area contributed by atoms with Crippen molar-refractivity contribution in [1.82, 2.24) is 0 Å². The third-order valence-electron chi connectivity index (χ3n) is 2.72. The Hall–Kier alpha value is -2.26. The van der Waals surface area contributed by atoms with Gasteiger partial charge in [0.25, 0.3) is 0 Å². The van der Waals surface area contributed by atoms with Crippen LogP contribution in [0.5, 0.6) is 0 Å². The lowest BCUT2D eigenvalue weighted by molar-refractivity contribution is -0.198. The highest BCUT2D eigenvalue weighted by Gasteiger charge is 2.01. The molecule has 0 radical (unpaired) electrons. The lowest BCUT2D eigenvalue weighted by Gasteiger charge is -1.94. The molecular weight excluding hydrogens is 256 g/mol. The van der Waals surface area contributed by atoms with Crippen LogP contribution in [0.2, 0.25) is 0 Å². The fraction of sp³-hybridized carbons (Fsp3) is 0. The minimum Gasteiger partial charge on any atom is -0.299 e. The Kier molecular flexibility index (Phi) is 3.47. The smallest absolute Gasteiger partial charge is 0.142 e. The first-order chi connectivity index (χ1) is 9.45. The first-order valence-electron chi connectivity index (χ1n) is 5.95. The summed E-state index contributed by atoms with van der Waals surface area (Å²) in [6, 6.07) is 17.1. The Balaban J connectivity index is 0.000000155. The molecule has 2 nitrogen and oxygen atoms in total. The molecule has 94 valence electrons. The quantitative estimate of drug-likeness (QED) is 0.532. The summed E-state index contributed by atoms with van der Waals surface area (Å²) in [5, 5.41) is 2.76. The maximum Gasteiger partial charge on any atom is 0.142 e. The van der Waals surface area contributed by atoms with Crippen LogP contribution >= 0.6 is 11.3 Å². The highest BCUT2D eigenvalue weighted by Crippen LogP contribution is 2.32. The zero-order valence-corrected chi connectivity index (χ0v) is 11.0. The summed E-state index contributed by atoms with van der Waals surface area (Å²) in [7, 11) is 0. The molecule has 1 aliphatic rings. The van der Waals surface area contributed by atoms with Crippen molar-refractivity contribution in [2.24, 2.45) is 0 Å². The molecule has 0 amide bonds. The predicted molar refractivity (Wildman–Crippen MR) is 79.8 cm³/mol. The number of hydrogen-bond donors (Lipinski definition) is 0. The molecule has 0 aliphatic carbocycles. The van der Waals surface area contributed by atoms with Gasteiger partial charge in [0.1, 0.15) is 12.5 Å². The van der Waals surface area contributed by atoms with Gasteiger partial charge in [0.05, 0.1) is 0 Å². The predicted octanol–water partition coefficient (Wildman–Crippen LogP) is 5.03. The molecule has 0 saturated heterocycles. The molecule has 2 heterocycles. The number of hydrogen-bond acceptors (Lipinski definition) is 3. The average molecular weight is 268 g/mol. The molecular formula is C16H12O2S. The molecule has 1 aromatic heterocycles. The second-order valence-corrected chi connectivity index (χ2v) is 5.03. The minimum atomic E-state index is 1.38. The van der Waals surface area contributed by atoms with Gasteiger partial charge in [0, 0.05) is 20.2 Å². The number of rotatable bonds is 0. The highest BCUT2D eigenvalue weighted by molar-refractivity contribution is 7.25. The fourth-order valence-corrected chi connectivity index (χ4v) is 3.00. The van der Waals surface area contributed by atoms with Gasteiger partial charge in [0.15, 0.2) is 0 Å². The molecule has 0 atom stereocenters. The lowest BCUT2D eigenvalue weighted by Crippen LogP contribution is -1.78. The van der Waals surface area contributed by atoms with Crippen LogP contribution < -0.4 is 0 Å². The molecule has 3 heteroatoms. The monoisotopic (exact) mass is 268 g/mol. The molecule has 0 bridgehead atoms. The molecule has 0 unspecified atom stereocenters. The van der Waals surface area contributed by atoms with Crippen LogP contribution in [0.3, 0.4) is 0 Å². The topological polar surface area (TPSA) is 18.5 Å². The summed E-state index contributed by atoms with van der Waals surface area (Å²) >= 11 is 1.86. The van der Waals surface area contributed by atoms with E-state index in [2.05, 4.69) is 58.3 Å². The Morgan fingerprint density at radius 3 is 1.53 bits per heavy atom. The van der Waals surface area contributed by atoms with E-state index in [-0.39, 0.29) is 0 Å². The van der Waals surface area contributed by atoms with Crippen molar-refractivity contribution < 1.29 is 9.78 Å². The first kappa shape index (κ1) is 11.8. The van der Waals surface area contributed by atoms with Crippen molar-refractivity contribution >= 4 is 31.5 Å². The van der Waals surface area contributed by atoms with Gasteiger partial charge in [-0.15, -0.1) is 11.3 Å². The van der Waals surface area contributed by atoms with Gasteiger partial charge in [-0.3, -0.25) is 9.78 Å². The second kappa shape index (κ2) is 5.59. The first-order valence-corrected chi connectivity index (χ1v) is 6.77. The molecule has 0 fully saturated rings. The molecule has 0 N–H and O–H groups in total. The molecule has 1 aliphatic heterocycles. The minimum absolute atomic E-state index is 1.38. The van der Waals surface area contributed by atoms with Crippen LogP contribution in [0, 0.1) is 0 Å². The van der Waals surface area contributed by atoms with E-state index < -0.39 is 0 Å². The Morgan fingerprint density at radius 1 is 0.632 bits per heavy atom. The van der Waals surface area contributed by atoms with E-state index in [0.29, 0.717) is 0 Å². The fourth-order valence-electron chi connectivity index (χ4n) is 1.89. The van der Waals surface area contributed by atoms with Gasteiger partial charge in [-0.25, -0.2) is 0 Å². The normalized spacial score (nSPS) is 12.6. The third-order valence-corrected chi connectivity index (χ3v) is 3.87. The van der Waals surface area contributed by atoms with Crippen LogP contribution in [0.1, 0.15) is 0 Å². The van der Waals surface area contributed by atoms with Crippen molar-refractivity contribution in [1.29, 1.82) is 0 Å². The average Bonchev–Trinajstić information content (AvgIpc) is 2.88. The Bertz CT molecular complexity index is 678. The van der Waals surface area contributed by atoms with E-state index in [1.165, 1.54) is 32.7 Å². The zero-order valence-electron chi connectivity index (χ0n) is 10.2. The summed E-state index contributed by atoms with van der Waals surface area (Å²) < 4.78 is 2.76. The van der Waals surface area contributed by atoms with Crippen LogP contribution in [-0.4, -0.2) is 0 Å². The van der Waals surface area contributed by atoms with E-state index in [1.807, 2.05) is 11.3 Å². The van der Waals surface area contributed by atoms with Gasteiger partial charge in [-0.1, -0.05) is 36.4 Å². The van der Waals surface area contributed by atoms with Gasteiger partial charge in [-0.05, 0) is 24.3 Å². The van der Waals surface area contributed by atoms with E-state index in [4.69, 9.17) is 0 Å². The van der Waals surface area contributed by atoms with Gasteiger partial charge in [0.2, 0.25) is 0 Å². The molecule has 3 aromatic rings. The third kappa shape index (κ3) is 2.61. The standard InChI is InChI=1S/C12H8S.C4H4O2/c1-3-7-11-9(5-1)10-6-2-4-8-12(10)13-11;1-2-4-6-5-3-1/h1-8H;1-4H.